The van der Waals surface area contributed by atoms with Crippen LogP contribution in [0.25, 0.3) is 5.69 Å². The molecule has 1 saturated heterocycles. The van der Waals surface area contributed by atoms with Gasteiger partial charge < -0.3 is 10.2 Å². The Bertz CT molecular complexity index is 912. The van der Waals surface area contributed by atoms with Crippen LogP contribution in [0, 0.1) is 0 Å². The van der Waals surface area contributed by atoms with Gasteiger partial charge in [-0.15, -0.1) is 5.10 Å². The molecule has 1 N–H and O–H groups in total. The second-order valence-electron chi connectivity index (χ2n) is 6.28. The van der Waals surface area contributed by atoms with E-state index in [1.165, 1.54) is 0 Å². The summed E-state index contributed by atoms with van der Waals surface area (Å²) in [6, 6.07) is 15.3. The Kier molecular flexibility index (Phi) is 4.58. The topological polar surface area (TPSA) is 63.1 Å². The molecule has 1 atom stereocenters. The van der Waals surface area contributed by atoms with E-state index in [9.17, 15) is 4.79 Å². The summed E-state index contributed by atoms with van der Waals surface area (Å²) in [4.78, 5) is 14.9. The van der Waals surface area contributed by atoms with Gasteiger partial charge in [-0.2, -0.15) is 0 Å². The van der Waals surface area contributed by atoms with Crippen LogP contribution in [-0.4, -0.2) is 40.0 Å². The molecule has 2 heterocycles. The molecule has 1 aliphatic heterocycles. The highest BCUT2D eigenvalue weighted by molar-refractivity contribution is 6.30. The number of rotatable bonds is 4. The van der Waals surface area contributed by atoms with Crippen LogP contribution in [0.15, 0.2) is 60.9 Å². The molecule has 132 valence electrons. The van der Waals surface area contributed by atoms with Crippen LogP contribution in [0.2, 0.25) is 5.02 Å². The number of hydrogen-bond acceptors (Lipinski definition) is 4. The average Bonchev–Trinajstić information content (AvgIpc) is 3.34. The number of aromatic nitrogens is 3. The normalized spacial score (nSPS) is 16.7. The highest BCUT2D eigenvalue weighted by Crippen LogP contribution is 2.23. The van der Waals surface area contributed by atoms with Gasteiger partial charge in [0.1, 0.15) is 0 Å². The molecule has 1 fully saturated rings. The first-order valence-corrected chi connectivity index (χ1v) is 8.85. The molecule has 4 rings (SSSR count). The lowest BCUT2D eigenvalue weighted by Gasteiger charge is -2.19. The van der Waals surface area contributed by atoms with Crippen molar-refractivity contribution in [3.05, 3.63) is 71.5 Å². The third kappa shape index (κ3) is 3.55. The quantitative estimate of drug-likeness (QED) is 0.770. The van der Waals surface area contributed by atoms with Crippen molar-refractivity contribution in [3.63, 3.8) is 0 Å². The Labute approximate surface area is 156 Å². The Balaban J connectivity index is 1.42. The van der Waals surface area contributed by atoms with Crippen LogP contribution >= 0.6 is 11.6 Å². The molecule has 26 heavy (non-hydrogen) atoms. The van der Waals surface area contributed by atoms with E-state index in [0.29, 0.717) is 5.56 Å². The Hall–Kier alpha value is -2.86. The minimum absolute atomic E-state index is 0.0788. The zero-order valence-corrected chi connectivity index (χ0v) is 14.8. The van der Waals surface area contributed by atoms with Gasteiger partial charge in [-0.05, 0) is 42.8 Å². The fourth-order valence-corrected chi connectivity index (χ4v) is 3.37. The van der Waals surface area contributed by atoms with Crippen LogP contribution in [-0.2, 0) is 0 Å². The van der Waals surface area contributed by atoms with E-state index in [1.807, 2.05) is 42.5 Å². The minimum atomic E-state index is -0.0788. The highest BCUT2D eigenvalue weighted by atomic mass is 35.5. The first-order chi connectivity index (χ1) is 12.7. The third-order valence-electron chi connectivity index (χ3n) is 4.49. The molecule has 0 radical (unpaired) electrons. The number of hydrogen-bond donors (Lipinski definition) is 1. The fraction of sp³-hybridized carbons (Fsp3) is 0.211. The predicted molar refractivity (Wildman–Crippen MR) is 101 cm³/mol. The van der Waals surface area contributed by atoms with Gasteiger partial charge in [-0.25, -0.2) is 4.68 Å². The van der Waals surface area contributed by atoms with Crippen LogP contribution in [0.4, 0.5) is 5.69 Å². The van der Waals surface area contributed by atoms with Crippen molar-refractivity contribution < 1.29 is 4.79 Å². The fourth-order valence-electron chi connectivity index (χ4n) is 3.19. The average molecular weight is 368 g/mol. The first kappa shape index (κ1) is 16.6. The summed E-state index contributed by atoms with van der Waals surface area (Å²) < 4.78 is 1.63. The summed E-state index contributed by atoms with van der Waals surface area (Å²) in [6.45, 7) is 1.67. The van der Waals surface area contributed by atoms with E-state index in [0.717, 1.165) is 35.9 Å². The summed E-state index contributed by atoms with van der Waals surface area (Å²) in [5.41, 5.74) is 2.50. The summed E-state index contributed by atoms with van der Waals surface area (Å²) in [7, 11) is 0. The maximum Gasteiger partial charge on any atom is 0.251 e. The third-order valence-corrected chi connectivity index (χ3v) is 4.73. The lowest BCUT2D eigenvalue weighted by atomic mass is 10.1. The number of nitrogens with zero attached hydrogens (tertiary/aromatic N) is 4. The second kappa shape index (κ2) is 7.17. The SMILES string of the molecule is O=C(NC1CCN(c2cccc(Cl)c2)C1)c1cccc(-n2ccnn2)c1. The van der Waals surface area contributed by atoms with Gasteiger partial charge in [0, 0.05) is 35.4 Å². The molecule has 7 heteroatoms. The molecule has 6 nitrogen and oxygen atoms in total. The maximum atomic E-state index is 12.6. The molecule has 1 amide bonds. The molecule has 1 unspecified atom stereocenters. The van der Waals surface area contributed by atoms with E-state index in [1.54, 1.807) is 23.1 Å². The van der Waals surface area contributed by atoms with Crippen molar-refractivity contribution in [1.29, 1.82) is 0 Å². The molecular formula is C19H18ClN5O. The number of carbonyl (C=O) groups is 1. The largest absolute Gasteiger partial charge is 0.369 e. The lowest BCUT2D eigenvalue weighted by Crippen LogP contribution is -2.37. The zero-order valence-electron chi connectivity index (χ0n) is 14.0. The van der Waals surface area contributed by atoms with Gasteiger partial charge in [0.2, 0.25) is 0 Å². The van der Waals surface area contributed by atoms with Gasteiger partial charge >= 0.3 is 0 Å². The number of halogens is 1. The van der Waals surface area contributed by atoms with E-state index in [-0.39, 0.29) is 11.9 Å². The molecule has 0 aliphatic carbocycles. The lowest BCUT2D eigenvalue weighted by molar-refractivity contribution is 0.0940. The van der Waals surface area contributed by atoms with E-state index < -0.39 is 0 Å². The molecule has 2 aromatic carbocycles. The smallest absolute Gasteiger partial charge is 0.251 e. The molecule has 3 aromatic rings. The number of anilines is 1. The van der Waals surface area contributed by atoms with Gasteiger partial charge in [-0.3, -0.25) is 4.79 Å². The van der Waals surface area contributed by atoms with Crippen molar-refractivity contribution in [2.75, 3.05) is 18.0 Å². The number of carbonyl (C=O) groups excluding carboxylic acids is 1. The summed E-state index contributed by atoms with van der Waals surface area (Å²) >= 11 is 6.07. The number of amides is 1. The Morgan fingerprint density at radius 1 is 1.15 bits per heavy atom. The molecule has 1 aromatic heterocycles. The number of nitrogens with one attached hydrogen (secondary N) is 1. The minimum Gasteiger partial charge on any atom is -0.369 e. The van der Waals surface area contributed by atoms with E-state index >= 15 is 0 Å². The standard InChI is InChI=1S/C19H18ClN5O/c20-15-4-2-5-17(12-15)24-9-7-16(13-24)22-19(26)14-3-1-6-18(11-14)25-10-8-21-23-25/h1-6,8,10-12,16H,7,9,13H2,(H,22,26). The van der Waals surface area contributed by atoms with Crippen molar-refractivity contribution in [2.45, 2.75) is 12.5 Å². The number of benzene rings is 2. The van der Waals surface area contributed by atoms with E-state index in [4.69, 9.17) is 11.6 Å². The van der Waals surface area contributed by atoms with Crippen LogP contribution in [0.3, 0.4) is 0 Å². The van der Waals surface area contributed by atoms with Gasteiger partial charge in [0.15, 0.2) is 0 Å². The summed E-state index contributed by atoms with van der Waals surface area (Å²) in [5, 5.41) is 11.6. The van der Waals surface area contributed by atoms with Gasteiger partial charge in [-0.1, -0.05) is 28.9 Å². The van der Waals surface area contributed by atoms with E-state index in [2.05, 4.69) is 20.5 Å². The summed E-state index contributed by atoms with van der Waals surface area (Å²) in [6.07, 6.45) is 4.26. The molecular weight excluding hydrogens is 350 g/mol. The van der Waals surface area contributed by atoms with Crippen molar-refractivity contribution >= 4 is 23.2 Å². The Morgan fingerprint density at radius 2 is 2.00 bits per heavy atom. The molecule has 1 aliphatic rings. The second-order valence-corrected chi connectivity index (χ2v) is 6.72. The molecule has 0 bridgehead atoms. The molecule has 0 spiro atoms. The van der Waals surface area contributed by atoms with Crippen LogP contribution < -0.4 is 10.2 Å². The van der Waals surface area contributed by atoms with Gasteiger partial charge in [0.05, 0.1) is 18.1 Å². The van der Waals surface area contributed by atoms with Crippen molar-refractivity contribution in [2.24, 2.45) is 0 Å². The first-order valence-electron chi connectivity index (χ1n) is 8.47. The van der Waals surface area contributed by atoms with Crippen molar-refractivity contribution in [1.82, 2.24) is 20.3 Å². The van der Waals surface area contributed by atoms with Crippen LogP contribution in [0.1, 0.15) is 16.8 Å². The zero-order chi connectivity index (χ0) is 17.9. The maximum absolute atomic E-state index is 12.6. The predicted octanol–water partition coefficient (Wildman–Crippen LogP) is 2.93. The monoisotopic (exact) mass is 367 g/mol. The Morgan fingerprint density at radius 3 is 2.81 bits per heavy atom. The summed E-state index contributed by atoms with van der Waals surface area (Å²) in [5.74, 6) is -0.0788. The van der Waals surface area contributed by atoms with Crippen LogP contribution in [0.5, 0.6) is 0 Å². The van der Waals surface area contributed by atoms with Crippen molar-refractivity contribution in [3.8, 4) is 5.69 Å². The van der Waals surface area contributed by atoms with Gasteiger partial charge in [0.25, 0.3) is 5.91 Å². The molecule has 0 saturated carbocycles. The highest BCUT2D eigenvalue weighted by Gasteiger charge is 2.24.